The molecule has 19 heavy (non-hydrogen) atoms. The van der Waals surface area contributed by atoms with E-state index in [0.717, 1.165) is 13.2 Å². The summed E-state index contributed by atoms with van der Waals surface area (Å²) in [4.78, 5) is 14.1. The van der Waals surface area contributed by atoms with Crippen LogP contribution in [0.4, 0.5) is 17.6 Å². The summed E-state index contributed by atoms with van der Waals surface area (Å²) in [7, 11) is 1.09. The Labute approximate surface area is 110 Å². The molecule has 0 N–H and O–H groups in total. The highest BCUT2D eigenvalue weighted by Crippen LogP contribution is 2.29. The van der Waals surface area contributed by atoms with E-state index in [1.165, 1.54) is 0 Å². The van der Waals surface area contributed by atoms with E-state index in [1.54, 1.807) is 0 Å². The van der Waals surface area contributed by atoms with Gasteiger partial charge in [-0.25, -0.2) is 0 Å². The normalized spacial score (nSPS) is 11.3. The predicted octanol–water partition coefficient (Wildman–Crippen LogP) is 2.57. The number of hydrogen-bond acceptors (Lipinski definition) is 4. The molecule has 0 fully saturated rings. The second-order valence-corrected chi connectivity index (χ2v) is 3.59. The maximum Gasteiger partial charge on any atom is 0.574 e. The van der Waals surface area contributed by atoms with Gasteiger partial charge >= 0.3 is 12.3 Å². The molecule has 0 amide bonds. The number of nitrogens with zero attached hydrogens (tertiary/aromatic N) is 1. The van der Waals surface area contributed by atoms with Crippen molar-refractivity contribution < 1.29 is 31.8 Å². The Hall–Kier alpha value is -1.57. The molecule has 0 aromatic carbocycles. The number of ether oxygens (including phenoxy) is 2. The maximum atomic E-state index is 13.1. The Morgan fingerprint density at radius 2 is 2.11 bits per heavy atom. The van der Waals surface area contributed by atoms with Crippen molar-refractivity contribution in [2.24, 2.45) is 0 Å². The smallest absolute Gasteiger partial charge is 0.469 e. The number of carbonyl (C=O) groups excluding carboxylic acids is 1. The first kappa shape index (κ1) is 15.5. The van der Waals surface area contributed by atoms with E-state index < -0.39 is 36.5 Å². The molecule has 4 nitrogen and oxygen atoms in total. The van der Waals surface area contributed by atoms with Crippen molar-refractivity contribution in [1.29, 1.82) is 0 Å². The molecule has 0 aliphatic rings. The molecule has 1 aromatic rings. The van der Waals surface area contributed by atoms with E-state index >= 15 is 0 Å². The Morgan fingerprint density at radius 1 is 1.47 bits per heavy atom. The van der Waals surface area contributed by atoms with Gasteiger partial charge < -0.3 is 9.47 Å². The molecule has 106 valence electrons. The predicted molar refractivity (Wildman–Crippen MR) is 56.2 cm³/mol. The quantitative estimate of drug-likeness (QED) is 0.371. The second-order valence-electron chi connectivity index (χ2n) is 3.32. The minimum Gasteiger partial charge on any atom is -0.469 e. The number of hydrogen-bond donors (Lipinski definition) is 0. The molecule has 9 heteroatoms. The van der Waals surface area contributed by atoms with E-state index in [-0.39, 0.29) is 11.1 Å². The third kappa shape index (κ3) is 4.55. The minimum atomic E-state index is -5.04. The van der Waals surface area contributed by atoms with Gasteiger partial charge in [-0.15, -0.1) is 24.8 Å². The number of esters is 1. The fourth-order valence-corrected chi connectivity index (χ4v) is 1.57. The second kappa shape index (κ2) is 6.05. The summed E-state index contributed by atoms with van der Waals surface area (Å²) in [5.41, 5.74) is -0.292. The van der Waals surface area contributed by atoms with Crippen molar-refractivity contribution in [2.45, 2.75) is 18.7 Å². The van der Waals surface area contributed by atoms with Crippen LogP contribution in [0.5, 0.6) is 5.88 Å². The molecule has 1 rings (SSSR count). The van der Waals surface area contributed by atoms with Crippen LogP contribution in [0.15, 0.2) is 6.07 Å². The fraction of sp³-hybridized carbons (Fsp3) is 0.400. The standard InChI is InChI=1S/C10H8ClF4NO3/c1-18-8(17)3-5-2-7(12)16-9(6(5)4-11)19-10(13,14)15/h2H,3-4H2,1H3. The van der Waals surface area contributed by atoms with Crippen LogP contribution in [0.25, 0.3) is 0 Å². The van der Waals surface area contributed by atoms with Crippen LogP contribution in [-0.4, -0.2) is 24.4 Å². The van der Waals surface area contributed by atoms with E-state index in [2.05, 4.69) is 14.5 Å². The van der Waals surface area contributed by atoms with Crippen LogP contribution in [0, 0.1) is 5.95 Å². The van der Waals surface area contributed by atoms with Crippen LogP contribution < -0.4 is 4.74 Å². The van der Waals surface area contributed by atoms with Gasteiger partial charge in [0.25, 0.3) is 0 Å². The van der Waals surface area contributed by atoms with E-state index in [0.29, 0.717) is 0 Å². The number of aromatic nitrogens is 1. The molecule has 1 aromatic heterocycles. The van der Waals surface area contributed by atoms with Gasteiger partial charge in [-0.3, -0.25) is 4.79 Å². The minimum absolute atomic E-state index is 0.0754. The summed E-state index contributed by atoms with van der Waals surface area (Å²) in [6.45, 7) is 0. The van der Waals surface area contributed by atoms with E-state index in [9.17, 15) is 22.4 Å². The lowest BCUT2D eigenvalue weighted by Gasteiger charge is -2.13. The number of rotatable bonds is 4. The first-order valence-corrected chi connectivity index (χ1v) is 5.37. The van der Waals surface area contributed by atoms with Gasteiger partial charge in [-0.1, -0.05) is 0 Å². The van der Waals surface area contributed by atoms with Crippen molar-refractivity contribution in [1.82, 2.24) is 4.98 Å². The summed E-state index contributed by atoms with van der Waals surface area (Å²) in [6.07, 6.45) is -5.48. The highest BCUT2D eigenvalue weighted by molar-refractivity contribution is 6.17. The van der Waals surface area contributed by atoms with Crippen LogP contribution >= 0.6 is 11.6 Å². The van der Waals surface area contributed by atoms with Gasteiger partial charge in [0, 0.05) is 5.56 Å². The summed E-state index contributed by atoms with van der Waals surface area (Å²) >= 11 is 5.48. The maximum absolute atomic E-state index is 13.1. The number of methoxy groups -OCH3 is 1. The molecule has 0 radical (unpaired) electrons. The van der Waals surface area contributed by atoms with Gasteiger partial charge in [0.05, 0.1) is 19.4 Å². The lowest BCUT2D eigenvalue weighted by molar-refractivity contribution is -0.276. The highest BCUT2D eigenvalue weighted by Gasteiger charge is 2.33. The lowest BCUT2D eigenvalue weighted by Crippen LogP contribution is -2.20. The van der Waals surface area contributed by atoms with Crippen LogP contribution in [-0.2, 0) is 21.8 Å². The third-order valence-electron chi connectivity index (χ3n) is 2.06. The molecule has 0 atom stereocenters. The van der Waals surface area contributed by atoms with Crippen molar-refractivity contribution in [3.05, 3.63) is 23.1 Å². The summed E-state index contributed by atoms with van der Waals surface area (Å²) in [5.74, 6) is -3.41. The molecule has 0 aliphatic heterocycles. The topological polar surface area (TPSA) is 48.4 Å². The van der Waals surface area contributed by atoms with Gasteiger partial charge in [0.15, 0.2) is 0 Å². The fourth-order valence-electron chi connectivity index (χ4n) is 1.29. The zero-order chi connectivity index (χ0) is 14.6. The molecule has 0 saturated heterocycles. The van der Waals surface area contributed by atoms with Crippen LogP contribution in [0.1, 0.15) is 11.1 Å². The molecule has 0 bridgehead atoms. The summed E-state index contributed by atoms with van der Waals surface area (Å²) < 4.78 is 57.4. The van der Waals surface area contributed by atoms with Gasteiger partial charge in [0.1, 0.15) is 0 Å². The summed E-state index contributed by atoms with van der Waals surface area (Å²) in [6, 6.07) is 0.803. The molecular weight excluding hydrogens is 294 g/mol. The lowest BCUT2D eigenvalue weighted by atomic mass is 10.1. The number of alkyl halides is 4. The molecular formula is C10H8ClF4NO3. The Morgan fingerprint density at radius 3 is 2.58 bits per heavy atom. The van der Waals surface area contributed by atoms with Crippen molar-refractivity contribution in [2.75, 3.05) is 7.11 Å². The molecule has 1 heterocycles. The number of pyridine rings is 1. The van der Waals surface area contributed by atoms with Crippen molar-refractivity contribution >= 4 is 17.6 Å². The average Bonchev–Trinajstić information content (AvgIpc) is 2.26. The first-order valence-electron chi connectivity index (χ1n) is 4.83. The Kier molecular flexibility index (Phi) is 4.93. The zero-order valence-corrected chi connectivity index (χ0v) is 10.3. The van der Waals surface area contributed by atoms with E-state index in [1.807, 2.05) is 0 Å². The Bertz CT molecular complexity index is 479. The van der Waals surface area contributed by atoms with Gasteiger partial charge in [-0.05, 0) is 11.6 Å². The van der Waals surface area contributed by atoms with Gasteiger partial charge in [-0.2, -0.15) is 9.37 Å². The molecule has 0 saturated carbocycles. The first-order chi connectivity index (χ1) is 8.76. The monoisotopic (exact) mass is 301 g/mol. The molecule has 0 unspecified atom stereocenters. The van der Waals surface area contributed by atoms with Crippen molar-refractivity contribution in [3.63, 3.8) is 0 Å². The summed E-state index contributed by atoms with van der Waals surface area (Å²) in [5, 5.41) is 0. The average molecular weight is 302 g/mol. The third-order valence-corrected chi connectivity index (χ3v) is 2.32. The highest BCUT2D eigenvalue weighted by atomic mass is 35.5. The zero-order valence-electron chi connectivity index (χ0n) is 9.55. The van der Waals surface area contributed by atoms with Crippen LogP contribution in [0.3, 0.4) is 0 Å². The van der Waals surface area contributed by atoms with Gasteiger partial charge in [0.2, 0.25) is 11.8 Å². The van der Waals surface area contributed by atoms with Crippen molar-refractivity contribution in [3.8, 4) is 5.88 Å². The number of halogens is 5. The SMILES string of the molecule is COC(=O)Cc1cc(F)nc(OC(F)(F)F)c1CCl. The van der Waals surface area contributed by atoms with Crippen LogP contribution in [0.2, 0.25) is 0 Å². The largest absolute Gasteiger partial charge is 0.574 e. The molecule has 0 aliphatic carbocycles. The molecule has 0 spiro atoms. The Balaban J connectivity index is 3.20. The number of carbonyl (C=O) groups is 1. The van der Waals surface area contributed by atoms with E-state index in [4.69, 9.17) is 11.6 Å².